The van der Waals surface area contributed by atoms with E-state index in [-0.39, 0.29) is 6.61 Å². The topological polar surface area (TPSA) is 57.5 Å². The minimum atomic E-state index is -0.900. The molecule has 0 spiro atoms. The highest BCUT2D eigenvalue weighted by atomic mass is 32.2. The fourth-order valence-electron chi connectivity index (χ4n) is 1.37. The predicted molar refractivity (Wildman–Crippen MR) is 65.2 cm³/mol. The van der Waals surface area contributed by atoms with E-state index in [4.69, 9.17) is 10.2 Å². The molecule has 0 aliphatic carbocycles. The summed E-state index contributed by atoms with van der Waals surface area (Å²) in [6, 6.07) is 5.12. The number of hydrogen-bond acceptors (Lipinski definition) is 3. The molecule has 0 amide bonds. The van der Waals surface area contributed by atoms with Crippen molar-refractivity contribution in [2.75, 3.05) is 6.61 Å². The molecule has 0 radical (unpaired) electrons. The van der Waals surface area contributed by atoms with Crippen LogP contribution in [0.5, 0.6) is 0 Å². The van der Waals surface area contributed by atoms with Gasteiger partial charge in [-0.3, -0.25) is 0 Å². The molecule has 16 heavy (non-hydrogen) atoms. The van der Waals surface area contributed by atoms with Gasteiger partial charge in [-0.2, -0.15) is 0 Å². The van der Waals surface area contributed by atoms with E-state index in [9.17, 15) is 4.79 Å². The monoisotopic (exact) mass is 240 g/mol. The SMILES string of the molecule is Cc1cc(C(=O)O)ccc1SC(C)CCO. The third-order valence-corrected chi connectivity index (χ3v) is 3.64. The molecular weight excluding hydrogens is 224 g/mol. The van der Waals surface area contributed by atoms with Gasteiger partial charge in [0.25, 0.3) is 0 Å². The highest BCUT2D eigenvalue weighted by molar-refractivity contribution is 8.00. The number of hydrogen-bond donors (Lipinski definition) is 2. The maximum Gasteiger partial charge on any atom is 0.335 e. The van der Waals surface area contributed by atoms with E-state index in [2.05, 4.69) is 0 Å². The molecule has 0 bridgehead atoms. The van der Waals surface area contributed by atoms with Crippen molar-refractivity contribution >= 4 is 17.7 Å². The molecule has 1 unspecified atom stereocenters. The largest absolute Gasteiger partial charge is 0.478 e. The van der Waals surface area contributed by atoms with Crippen LogP contribution in [0.3, 0.4) is 0 Å². The molecule has 2 N–H and O–H groups in total. The summed E-state index contributed by atoms with van der Waals surface area (Å²) in [5, 5.41) is 18.0. The van der Waals surface area contributed by atoms with E-state index in [1.807, 2.05) is 19.9 Å². The zero-order chi connectivity index (χ0) is 12.1. The van der Waals surface area contributed by atoms with Gasteiger partial charge in [-0.15, -0.1) is 11.8 Å². The van der Waals surface area contributed by atoms with Crippen LogP contribution in [0.1, 0.15) is 29.3 Å². The minimum Gasteiger partial charge on any atom is -0.478 e. The van der Waals surface area contributed by atoms with Gasteiger partial charge in [0.15, 0.2) is 0 Å². The maximum absolute atomic E-state index is 10.7. The molecule has 0 saturated carbocycles. The molecule has 0 heterocycles. The van der Waals surface area contributed by atoms with Gasteiger partial charge < -0.3 is 10.2 Å². The van der Waals surface area contributed by atoms with E-state index < -0.39 is 5.97 Å². The van der Waals surface area contributed by atoms with Gasteiger partial charge in [0.1, 0.15) is 0 Å². The van der Waals surface area contributed by atoms with Crippen LogP contribution < -0.4 is 0 Å². The molecule has 1 atom stereocenters. The van der Waals surface area contributed by atoms with Crippen LogP contribution in [0.15, 0.2) is 23.1 Å². The Bertz CT molecular complexity index is 377. The summed E-state index contributed by atoms with van der Waals surface area (Å²) < 4.78 is 0. The Morgan fingerprint density at radius 3 is 2.69 bits per heavy atom. The molecule has 0 aliphatic rings. The van der Waals surface area contributed by atoms with Gasteiger partial charge in [-0.25, -0.2) is 4.79 Å². The zero-order valence-electron chi connectivity index (χ0n) is 9.43. The third kappa shape index (κ3) is 3.54. The standard InChI is InChI=1S/C12H16O3S/c1-8-7-10(12(14)15)3-4-11(8)16-9(2)5-6-13/h3-4,7,9,13H,5-6H2,1-2H3,(H,14,15). The number of aromatic carboxylic acids is 1. The van der Waals surface area contributed by atoms with E-state index in [1.165, 1.54) is 0 Å². The first-order valence-electron chi connectivity index (χ1n) is 5.16. The summed E-state index contributed by atoms with van der Waals surface area (Å²) in [7, 11) is 0. The number of rotatable bonds is 5. The Morgan fingerprint density at radius 1 is 1.50 bits per heavy atom. The molecule has 1 aromatic rings. The van der Waals surface area contributed by atoms with Gasteiger partial charge in [0.2, 0.25) is 0 Å². The van der Waals surface area contributed by atoms with Crippen molar-refractivity contribution in [2.45, 2.75) is 30.4 Å². The lowest BCUT2D eigenvalue weighted by molar-refractivity contribution is 0.0696. The molecule has 0 aromatic heterocycles. The highest BCUT2D eigenvalue weighted by Gasteiger charge is 2.09. The summed E-state index contributed by atoms with van der Waals surface area (Å²) in [5.41, 5.74) is 1.28. The van der Waals surface area contributed by atoms with Crippen LogP contribution in [-0.4, -0.2) is 28.0 Å². The summed E-state index contributed by atoms with van der Waals surface area (Å²) in [5.74, 6) is -0.900. The Labute approximate surface area is 99.5 Å². The van der Waals surface area contributed by atoms with E-state index in [0.29, 0.717) is 10.8 Å². The lowest BCUT2D eigenvalue weighted by Crippen LogP contribution is -2.01. The van der Waals surface area contributed by atoms with Crippen molar-refractivity contribution in [3.63, 3.8) is 0 Å². The Morgan fingerprint density at radius 2 is 2.19 bits per heavy atom. The lowest BCUT2D eigenvalue weighted by Gasteiger charge is -2.11. The van der Waals surface area contributed by atoms with Crippen molar-refractivity contribution in [3.05, 3.63) is 29.3 Å². The predicted octanol–water partition coefficient (Wildman–Crippen LogP) is 2.56. The molecule has 0 fully saturated rings. The van der Waals surface area contributed by atoms with Crippen molar-refractivity contribution < 1.29 is 15.0 Å². The molecule has 1 rings (SSSR count). The molecule has 4 heteroatoms. The number of carboxylic acid groups (broad SMARTS) is 1. The average Bonchev–Trinajstić information content (AvgIpc) is 2.21. The minimum absolute atomic E-state index is 0.181. The second kappa shape index (κ2) is 5.92. The normalized spacial score (nSPS) is 12.4. The van der Waals surface area contributed by atoms with Crippen LogP contribution in [0, 0.1) is 6.92 Å². The van der Waals surface area contributed by atoms with Crippen molar-refractivity contribution in [3.8, 4) is 0 Å². The number of aliphatic hydroxyl groups excluding tert-OH is 1. The summed E-state index contributed by atoms with van der Waals surface area (Å²) in [6.07, 6.45) is 0.741. The van der Waals surface area contributed by atoms with Crippen molar-refractivity contribution in [1.29, 1.82) is 0 Å². The zero-order valence-corrected chi connectivity index (χ0v) is 10.3. The first-order chi connectivity index (χ1) is 7.54. The van der Waals surface area contributed by atoms with E-state index >= 15 is 0 Å². The van der Waals surface area contributed by atoms with Crippen LogP contribution in [0.2, 0.25) is 0 Å². The smallest absolute Gasteiger partial charge is 0.335 e. The maximum atomic E-state index is 10.7. The fourth-order valence-corrected chi connectivity index (χ4v) is 2.42. The molecule has 88 valence electrons. The fraction of sp³-hybridized carbons (Fsp3) is 0.417. The van der Waals surface area contributed by atoms with Crippen LogP contribution in [0.4, 0.5) is 0 Å². The average molecular weight is 240 g/mol. The van der Waals surface area contributed by atoms with Crippen molar-refractivity contribution in [1.82, 2.24) is 0 Å². The quantitative estimate of drug-likeness (QED) is 0.777. The number of carbonyl (C=O) groups is 1. The second-order valence-electron chi connectivity index (χ2n) is 3.73. The number of aliphatic hydroxyl groups is 1. The van der Waals surface area contributed by atoms with Gasteiger partial charge in [0.05, 0.1) is 5.56 Å². The first kappa shape index (κ1) is 13.1. The van der Waals surface area contributed by atoms with Gasteiger partial charge in [-0.1, -0.05) is 6.92 Å². The van der Waals surface area contributed by atoms with E-state index in [1.54, 1.807) is 23.9 Å². The molecule has 0 aliphatic heterocycles. The number of benzene rings is 1. The highest BCUT2D eigenvalue weighted by Crippen LogP contribution is 2.28. The van der Waals surface area contributed by atoms with Gasteiger partial charge in [-0.05, 0) is 37.1 Å². The third-order valence-electron chi connectivity index (χ3n) is 2.29. The van der Waals surface area contributed by atoms with Crippen molar-refractivity contribution in [2.24, 2.45) is 0 Å². The molecule has 0 saturated heterocycles. The van der Waals surface area contributed by atoms with Gasteiger partial charge in [0, 0.05) is 16.8 Å². The molecule has 1 aromatic carbocycles. The van der Waals surface area contributed by atoms with Crippen LogP contribution in [-0.2, 0) is 0 Å². The Hall–Kier alpha value is -1.000. The summed E-state index contributed by atoms with van der Waals surface area (Å²) in [6.45, 7) is 4.13. The van der Waals surface area contributed by atoms with E-state index in [0.717, 1.165) is 16.9 Å². The van der Waals surface area contributed by atoms with Crippen LogP contribution >= 0.6 is 11.8 Å². The van der Waals surface area contributed by atoms with Crippen LogP contribution in [0.25, 0.3) is 0 Å². The number of carboxylic acids is 1. The summed E-state index contributed by atoms with van der Waals surface area (Å²) >= 11 is 1.66. The van der Waals surface area contributed by atoms with Gasteiger partial charge >= 0.3 is 5.97 Å². The summed E-state index contributed by atoms with van der Waals surface area (Å²) in [4.78, 5) is 11.8. The Balaban J connectivity index is 2.79. The number of aryl methyl sites for hydroxylation is 1. The second-order valence-corrected chi connectivity index (χ2v) is 5.21. The lowest BCUT2D eigenvalue weighted by atomic mass is 10.1. The first-order valence-corrected chi connectivity index (χ1v) is 6.04. The number of thioether (sulfide) groups is 1. The molecular formula is C12H16O3S. The molecule has 3 nitrogen and oxygen atoms in total. The Kier molecular flexibility index (Phi) is 4.83.